The van der Waals surface area contributed by atoms with Crippen LogP contribution in [0.1, 0.15) is 62.5 Å². The minimum Gasteiger partial charge on any atom is -0.445 e. The third-order valence-corrected chi connectivity index (χ3v) is 5.01. The van der Waals surface area contributed by atoms with Gasteiger partial charge in [0.15, 0.2) is 5.89 Å². The first kappa shape index (κ1) is 12.5. The number of fused-ring (bicyclic) bond motifs is 1. The van der Waals surface area contributed by atoms with E-state index in [0.29, 0.717) is 11.8 Å². The Balaban J connectivity index is 1.65. The quantitative estimate of drug-likeness (QED) is 0.752. The molecule has 100 valence electrons. The minimum absolute atomic E-state index is 0.593. The molecular formula is C15H22ClNO. The Morgan fingerprint density at radius 1 is 1.17 bits per heavy atom. The van der Waals surface area contributed by atoms with Gasteiger partial charge in [0.25, 0.3) is 0 Å². The maximum absolute atomic E-state index is 5.85. The fourth-order valence-electron chi connectivity index (χ4n) is 3.84. The standard InChI is InChI=1S/C15H22ClNO/c16-8-7-15-17-10-14(18-15)13-6-5-11-3-1-2-4-12(11)9-13/h10-13H,1-9H2. The highest BCUT2D eigenvalue weighted by atomic mass is 35.5. The van der Waals surface area contributed by atoms with E-state index in [0.717, 1.165) is 29.9 Å². The van der Waals surface area contributed by atoms with Crippen molar-refractivity contribution in [2.75, 3.05) is 5.88 Å². The summed E-state index contributed by atoms with van der Waals surface area (Å²) in [4.78, 5) is 4.33. The molecule has 0 spiro atoms. The van der Waals surface area contributed by atoms with E-state index in [9.17, 15) is 0 Å². The molecule has 0 aromatic carbocycles. The van der Waals surface area contributed by atoms with Crippen LogP contribution in [0.25, 0.3) is 0 Å². The summed E-state index contributed by atoms with van der Waals surface area (Å²) in [6.07, 6.45) is 12.5. The van der Waals surface area contributed by atoms with Gasteiger partial charge in [0.1, 0.15) is 5.76 Å². The SMILES string of the molecule is ClCCc1ncc(C2CCC3CCCCC3C2)o1. The van der Waals surface area contributed by atoms with Crippen molar-refractivity contribution in [1.82, 2.24) is 4.98 Å². The van der Waals surface area contributed by atoms with Crippen molar-refractivity contribution >= 4 is 11.6 Å². The lowest BCUT2D eigenvalue weighted by Crippen LogP contribution is -2.26. The van der Waals surface area contributed by atoms with Crippen LogP contribution < -0.4 is 0 Å². The Morgan fingerprint density at radius 2 is 2.00 bits per heavy atom. The van der Waals surface area contributed by atoms with Gasteiger partial charge in [-0.15, -0.1) is 11.6 Å². The molecule has 18 heavy (non-hydrogen) atoms. The summed E-state index contributed by atoms with van der Waals surface area (Å²) in [5.41, 5.74) is 0. The zero-order valence-corrected chi connectivity index (χ0v) is 11.7. The van der Waals surface area contributed by atoms with Gasteiger partial charge in [-0.1, -0.05) is 25.7 Å². The van der Waals surface area contributed by atoms with Gasteiger partial charge in [-0.3, -0.25) is 0 Å². The van der Waals surface area contributed by atoms with Crippen LogP contribution in [0.3, 0.4) is 0 Å². The van der Waals surface area contributed by atoms with Crippen molar-refractivity contribution < 1.29 is 4.42 Å². The number of nitrogens with zero attached hydrogens (tertiary/aromatic N) is 1. The predicted octanol–water partition coefficient (Wildman–Crippen LogP) is 4.53. The number of hydrogen-bond donors (Lipinski definition) is 0. The zero-order valence-electron chi connectivity index (χ0n) is 10.9. The lowest BCUT2D eigenvalue weighted by Gasteiger charge is -2.38. The van der Waals surface area contributed by atoms with Gasteiger partial charge < -0.3 is 4.42 Å². The first-order chi connectivity index (χ1) is 8.86. The van der Waals surface area contributed by atoms with Crippen LogP contribution in [0.5, 0.6) is 0 Å². The number of hydrogen-bond acceptors (Lipinski definition) is 2. The van der Waals surface area contributed by atoms with Crippen molar-refractivity contribution in [3.05, 3.63) is 17.8 Å². The van der Waals surface area contributed by atoms with E-state index in [2.05, 4.69) is 4.98 Å². The van der Waals surface area contributed by atoms with E-state index in [4.69, 9.17) is 16.0 Å². The molecular weight excluding hydrogens is 246 g/mol. The average Bonchev–Trinajstić information content (AvgIpc) is 2.87. The molecule has 3 heteroatoms. The van der Waals surface area contributed by atoms with Gasteiger partial charge in [-0.05, 0) is 31.1 Å². The largest absolute Gasteiger partial charge is 0.445 e. The third-order valence-electron chi connectivity index (χ3n) is 4.82. The van der Waals surface area contributed by atoms with Crippen molar-refractivity contribution in [3.8, 4) is 0 Å². The molecule has 2 aliphatic carbocycles. The molecule has 2 nitrogen and oxygen atoms in total. The summed E-state index contributed by atoms with van der Waals surface area (Å²) >= 11 is 5.72. The predicted molar refractivity (Wildman–Crippen MR) is 73.0 cm³/mol. The molecule has 0 amide bonds. The highest BCUT2D eigenvalue weighted by molar-refractivity contribution is 6.17. The molecule has 1 aromatic rings. The van der Waals surface area contributed by atoms with Gasteiger partial charge in [-0.2, -0.15) is 0 Å². The molecule has 2 aliphatic rings. The fraction of sp³-hybridized carbons (Fsp3) is 0.800. The van der Waals surface area contributed by atoms with Crippen LogP contribution in [0, 0.1) is 11.8 Å². The van der Waals surface area contributed by atoms with E-state index in [1.807, 2.05) is 6.20 Å². The van der Waals surface area contributed by atoms with E-state index in [1.165, 1.54) is 44.9 Å². The van der Waals surface area contributed by atoms with Gasteiger partial charge >= 0.3 is 0 Å². The molecule has 2 fully saturated rings. The molecule has 0 N–H and O–H groups in total. The van der Waals surface area contributed by atoms with Crippen molar-refractivity contribution in [2.45, 2.75) is 57.3 Å². The maximum atomic E-state index is 5.85. The number of halogens is 1. The molecule has 0 bridgehead atoms. The highest BCUT2D eigenvalue weighted by Gasteiger charge is 2.33. The van der Waals surface area contributed by atoms with Crippen molar-refractivity contribution in [3.63, 3.8) is 0 Å². The Kier molecular flexibility index (Phi) is 3.93. The first-order valence-corrected chi connectivity index (χ1v) is 7.91. The lowest BCUT2D eigenvalue weighted by atomic mass is 9.67. The molecule has 2 saturated carbocycles. The van der Waals surface area contributed by atoms with Crippen LogP contribution in [-0.4, -0.2) is 10.9 Å². The molecule has 1 aromatic heterocycles. The maximum Gasteiger partial charge on any atom is 0.195 e. The fourth-order valence-corrected chi connectivity index (χ4v) is 4.00. The number of alkyl halides is 1. The lowest BCUT2D eigenvalue weighted by molar-refractivity contribution is 0.147. The van der Waals surface area contributed by atoms with Crippen LogP contribution in [0.4, 0.5) is 0 Å². The van der Waals surface area contributed by atoms with E-state index < -0.39 is 0 Å². The van der Waals surface area contributed by atoms with Crippen LogP contribution in [-0.2, 0) is 6.42 Å². The average molecular weight is 268 g/mol. The molecule has 0 aliphatic heterocycles. The second-order valence-electron chi connectivity index (χ2n) is 5.91. The minimum atomic E-state index is 0.593. The molecule has 3 unspecified atom stereocenters. The molecule has 1 heterocycles. The van der Waals surface area contributed by atoms with Gasteiger partial charge in [0.05, 0.1) is 6.20 Å². The summed E-state index contributed by atoms with van der Waals surface area (Å²) < 4.78 is 5.85. The van der Waals surface area contributed by atoms with E-state index >= 15 is 0 Å². The van der Waals surface area contributed by atoms with Gasteiger partial charge in [-0.25, -0.2) is 4.98 Å². The molecule has 3 rings (SSSR count). The van der Waals surface area contributed by atoms with Crippen LogP contribution >= 0.6 is 11.6 Å². The smallest absolute Gasteiger partial charge is 0.195 e. The topological polar surface area (TPSA) is 26.0 Å². The number of oxazole rings is 1. The van der Waals surface area contributed by atoms with Gasteiger partial charge in [0, 0.05) is 18.2 Å². The van der Waals surface area contributed by atoms with Crippen LogP contribution in [0.15, 0.2) is 10.6 Å². The number of aryl methyl sites for hydroxylation is 1. The first-order valence-electron chi connectivity index (χ1n) is 7.37. The summed E-state index contributed by atoms with van der Waals surface area (Å²) in [5.74, 6) is 5.07. The molecule has 0 saturated heterocycles. The Bertz CT molecular complexity index is 390. The Hall–Kier alpha value is -0.500. The highest BCUT2D eigenvalue weighted by Crippen LogP contribution is 2.46. The summed E-state index contributed by atoms with van der Waals surface area (Å²) in [6.45, 7) is 0. The van der Waals surface area contributed by atoms with Crippen LogP contribution in [0.2, 0.25) is 0 Å². The summed E-state index contributed by atoms with van der Waals surface area (Å²) in [5, 5.41) is 0. The van der Waals surface area contributed by atoms with Gasteiger partial charge in [0.2, 0.25) is 0 Å². The summed E-state index contributed by atoms with van der Waals surface area (Å²) in [7, 11) is 0. The Labute approximate surface area is 114 Å². The second-order valence-corrected chi connectivity index (χ2v) is 6.29. The normalized spacial score (nSPS) is 32.2. The summed E-state index contributed by atoms with van der Waals surface area (Å²) in [6, 6.07) is 0. The third kappa shape index (κ3) is 2.59. The molecule has 0 radical (unpaired) electrons. The Morgan fingerprint density at radius 3 is 2.83 bits per heavy atom. The monoisotopic (exact) mass is 267 g/mol. The zero-order chi connectivity index (χ0) is 12.4. The van der Waals surface area contributed by atoms with E-state index in [1.54, 1.807) is 0 Å². The van der Waals surface area contributed by atoms with Crippen molar-refractivity contribution in [1.29, 1.82) is 0 Å². The van der Waals surface area contributed by atoms with E-state index in [-0.39, 0.29) is 0 Å². The second kappa shape index (κ2) is 5.64. The number of rotatable bonds is 3. The van der Waals surface area contributed by atoms with Crippen molar-refractivity contribution in [2.24, 2.45) is 11.8 Å². The molecule has 3 atom stereocenters. The number of aromatic nitrogens is 1.